The Morgan fingerprint density at radius 3 is 2.72 bits per heavy atom. The minimum Gasteiger partial charge on any atom is -0.464 e. The lowest BCUT2D eigenvalue weighted by Gasteiger charge is -2.11. The minimum absolute atomic E-state index is 0.0293. The van der Waals surface area contributed by atoms with Crippen LogP contribution in [0.3, 0.4) is 0 Å². The van der Waals surface area contributed by atoms with E-state index in [1.165, 1.54) is 15.9 Å². The number of rotatable bonds is 4. The van der Waals surface area contributed by atoms with E-state index in [4.69, 9.17) is 4.42 Å². The van der Waals surface area contributed by atoms with Crippen molar-refractivity contribution >= 4 is 21.6 Å². The zero-order valence-electron chi connectivity index (χ0n) is 13.5. The predicted octanol–water partition coefficient (Wildman–Crippen LogP) is 4.66. The van der Waals surface area contributed by atoms with Crippen LogP contribution in [-0.2, 0) is 6.54 Å². The van der Waals surface area contributed by atoms with E-state index in [2.05, 4.69) is 4.98 Å². The average molecular weight is 354 g/mol. The molecule has 4 aromatic rings. The van der Waals surface area contributed by atoms with Crippen molar-refractivity contribution in [3.8, 4) is 22.7 Å². The molecule has 0 N–H and O–H groups in total. The normalized spacial score (nSPS) is 11.3. The van der Waals surface area contributed by atoms with E-state index in [1.54, 1.807) is 18.4 Å². The molecule has 3 aromatic heterocycles. The smallest absolute Gasteiger partial charge is 0.263 e. The van der Waals surface area contributed by atoms with Gasteiger partial charge in [0.25, 0.3) is 5.56 Å². The van der Waals surface area contributed by atoms with Crippen molar-refractivity contribution in [1.82, 2.24) is 9.55 Å². The molecule has 126 valence electrons. The van der Waals surface area contributed by atoms with E-state index < -0.39 is 6.67 Å². The van der Waals surface area contributed by atoms with Gasteiger partial charge < -0.3 is 4.42 Å². The monoisotopic (exact) mass is 354 g/mol. The summed E-state index contributed by atoms with van der Waals surface area (Å²) in [6.07, 6.45) is 1.56. The van der Waals surface area contributed by atoms with Crippen LogP contribution in [0.5, 0.6) is 0 Å². The molecule has 1 aromatic carbocycles. The number of benzene rings is 1. The predicted molar refractivity (Wildman–Crippen MR) is 97.7 cm³/mol. The molecule has 0 aliphatic heterocycles. The molecule has 0 aliphatic carbocycles. The van der Waals surface area contributed by atoms with Crippen molar-refractivity contribution in [2.24, 2.45) is 0 Å². The summed E-state index contributed by atoms with van der Waals surface area (Å²) in [5.74, 6) is 1.10. The van der Waals surface area contributed by atoms with Gasteiger partial charge in [0.05, 0.1) is 18.2 Å². The van der Waals surface area contributed by atoms with Crippen molar-refractivity contribution in [2.45, 2.75) is 13.5 Å². The highest BCUT2D eigenvalue weighted by molar-refractivity contribution is 7.17. The lowest BCUT2D eigenvalue weighted by Crippen LogP contribution is -2.24. The van der Waals surface area contributed by atoms with E-state index >= 15 is 0 Å². The van der Waals surface area contributed by atoms with Crippen LogP contribution in [0.1, 0.15) is 5.56 Å². The standard InChI is InChI=1S/C19H15FN2O2S/c1-12-4-6-13(7-5-12)17-21-18-16(19(23)22(17)9-8-20)14(11-25-18)15-3-2-10-24-15/h2-7,10-11H,8-9H2,1H3. The van der Waals surface area contributed by atoms with Crippen molar-refractivity contribution < 1.29 is 8.81 Å². The second-order valence-corrected chi connectivity index (χ2v) is 6.61. The summed E-state index contributed by atoms with van der Waals surface area (Å²) in [4.78, 5) is 18.4. The summed E-state index contributed by atoms with van der Waals surface area (Å²) in [7, 11) is 0. The third-order valence-corrected chi connectivity index (χ3v) is 4.97. The molecule has 0 unspecified atom stereocenters. The molecule has 0 saturated heterocycles. The molecule has 0 radical (unpaired) electrons. The number of hydrogen-bond acceptors (Lipinski definition) is 4. The van der Waals surface area contributed by atoms with Gasteiger partial charge in [0, 0.05) is 16.5 Å². The van der Waals surface area contributed by atoms with Gasteiger partial charge in [0.15, 0.2) is 0 Å². The first-order valence-electron chi connectivity index (χ1n) is 7.88. The van der Waals surface area contributed by atoms with Gasteiger partial charge in [-0.05, 0) is 19.1 Å². The summed E-state index contributed by atoms with van der Waals surface area (Å²) in [6.45, 7) is 1.33. The third-order valence-electron chi connectivity index (χ3n) is 4.10. The molecule has 0 fully saturated rings. The molecule has 25 heavy (non-hydrogen) atoms. The number of fused-ring (bicyclic) bond motifs is 1. The summed E-state index contributed by atoms with van der Waals surface area (Å²) in [6, 6.07) is 11.3. The Kier molecular flexibility index (Phi) is 3.97. The second-order valence-electron chi connectivity index (χ2n) is 5.75. The third kappa shape index (κ3) is 2.68. The van der Waals surface area contributed by atoms with Gasteiger partial charge in [-0.15, -0.1) is 11.3 Å². The quantitative estimate of drug-likeness (QED) is 0.535. The number of aryl methyl sites for hydroxylation is 1. The lowest BCUT2D eigenvalue weighted by atomic mass is 10.1. The fourth-order valence-corrected chi connectivity index (χ4v) is 3.77. The Hall–Kier alpha value is -2.73. The van der Waals surface area contributed by atoms with E-state index in [0.717, 1.165) is 11.1 Å². The highest BCUT2D eigenvalue weighted by Gasteiger charge is 2.19. The fraction of sp³-hybridized carbons (Fsp3) is 0.158. The van der Waals surface area contributed by atoms with Crippen LogP contribution < -0.4 is 5.56 Å². The highest BCUT2D eigenvalue weighted by Crippen LogP contribution is 2.32. The van der Waals surface area contributed by atoms with Crippen LogP contribution in [0.4, 0.5) is 4.39 Å². The molecule has 4 rings (SSSR count). The maximum atomic E-state index is 13.1. The van der Waals surface area contributed by atoms with Gasteiger partial charge in [-0.3, -0.25) is 9.36 Å². The first kappa shape index (κ1) is 15.8. The topological polar surface area (TPSA) is 48.0 Å². The van der Waals surface area contributed by atoms with Crippen LogP contribution in [0.2, 0.25) is 0 Å². The maximum Gasteiger partial charge on any atom is 0.263 e. The first-order chi connectivity index (χ1) is 12.2. The van der Waals surface area contributed by atoms with Crippen molar-refractivity contribution in [3.05, 3.63) is 64.0 Å². The number of alkyl halides is 1. The largest absolute Gasteiger partial charge is 0.464 e. The summed E-state index contributed by atoms with van der Waals surface area (Å²) in [5, 5.41) is 2.33. The molecular weight excluding hydrogens is 339 g/mol. The molecular formula is C19H15FN2O2S. The Morgan fingerprint density at radius 1 is 1.24 bits per heavy atom. The molecule has 0 aliphatic rings. The molecule has 4 nitrogen and oxygen atoms in total. The Labute approximate surface area is 147 Å². The minimum atomic E-state index is -0.633. The summed E-state index contributed by atoms with van der Waals surface area (Å²) < 4.78 is 19.9. The van der Waals surface area contributed by atoms with Crippen LogP contribution in [0.25, 0.3) is 32.9 Å². The number of furan rings is 1. The van der Waals surface area contributed by atoms with Crippen LogP contribution in [0, 0.1) is 6.92 Å². The van der Waals surface area contributed by atoms with E-state index in [0.29, 0.717) is 27.4 Å². The number of nitrogens with zero attached hydrogens (tertiary/aromatic N) is 2. The van der Waals surface area contributed by atoms with Gasteiger partial charge in [-0.2, -0.15) is 0 Å². The summed E-state index contributed by atoms with van der Waals surface area (Å²) in [5.41, 5.74) is 2.36. The zero-order chi connectivity index (χ0) is 17.4. The zero-order valence-corrected chi connectivity index (χ0v) is 14.3. The number of aromatic nitrogens is 2. The fourth-order valence-electron chi connectivity index (χ4n) is 2.85. The van der Waals surface area contributed by atoms with Crippen molar-refractivity contribution in [1.29, 1.82) is 0 Å². The van der Waals surface area contributed by atoms with Crippen LogP contribution >= 0.6 is 11.3 Å². The number of halogens is 1. The van der Waals surface area contributed by atoms with Crippen LogP contribution in [0.15, 0.2) is 57.3 Å². The first-order valence-corrected chi connectivity index (χ1v) is 8.76. The van der Waals surface area contributed by atoms with Gasteiger partial charge in [-0.1, -0.05) is 29.8 Å². The van der Waals surface area contributed by atoms with Gasteiger partial charge in [0.2, 0.25) is 0 Å². The Morgan fingerprint density at radius 2 is 2.04 bits per heavy atom. The summed E-state index contributed by atoms with van der Waals surface area (Å²) >= 11 is 1.39. The Bertz CT molecular complexity index is 1080. The van der Waals surface area contributed by atoms with Crippen molar-refractivity contribution in [3.63, 3.8) is 0 Å². The molecule has 6 heteroatoms. The number of thiophene rings is 1. The maximum absolute atomic E-state index is 13.1. The van der Waals surface area contributed by atoms with E-state index in [9.17, 15) is 9.18 Å². The van der Waals surface area contributed by atoms with E-state index in [1.807, 2.05) is 36.6 Å². The molecule has 0 spiro atoms. The second kappa shape index (κ2) is 6.29. The van der Waals surface area contributed by atoms with Crippen LogP contribution in [-0.4, -0.2) is 16.2 Å². The molecule has 0 atom stereocenters. The Balaban J connectivity index is 2.00. The lowest BCUT2D eigenvalue weighted by molar-refractivity contribution is 0.441. The van der Waals surface area contributed by atoms with Gasteiger partial charge >= 0.3 is 0 Å². The van der Waals surface area contributed by atoms with Gasteiger partial charge in [0.1, 0.15) is 23.1 Å². The average Bonchev–Trinajstić information content (AvgIpc) is 3.27. The SMILES string of the molecule is Cc1ccc(-c2nc3scc(-c4ccco4)c3c(=O)n2CCF)cc1. The molecule has 0 amide bonds. The molecule has 0 saturated carbocycles. The van der Waals surface area contributed by atoms with Gasteiger partial charge in [-0.25, -0.2) is 9.37 Å². The molecule has 3 heterocycles. The highest BCUT2D eigenvalue weighted by atomic mass is 32.1. The molecule has 0 bridgehead atoms. The number of hydrogen-bond donors (Lipinski definition) is 0. The van der Waals surface area contributed by atoms with E-state index in [-0.39, 0.29) is 12.1 Å². The van der Waals surface area contributed by atoms with Crippen molar-refractivity contribution in [2.75, 3.05) is 6.67 Å².